The third-order valence-electron chi connectivity index (χ3n) is 4.79. The maximum absolute atomic E-state index is 12.7. The van der Waals surface area contributed by atoms with E-state index >= 15 is 0 Å². The van der Waals surface area contributed by atoms with Crippen molar-refractivity contribution in [3.63, 3.8) is 0 Å². The summed E-state index contributed by atoms with van der Waals surface area (Å²) < 4.78 is 16.7. The quantitative estimate of drug-likeness (QED) is 0.459. The van der Waals surface area contributed by atoms with Crippen molar-refractivity contribution in [2.45, 2.75) is 19.8 Å². The molecule has 0 atom stereocenters. The highest BCUT2D eigenvalue weighted by Crippen LogP contribution is 2.33. The maximum atomic E-state index is 12.7. The normalized spacial score (nSPS) is 12.4. The summed E-state index contributed by atoms with van der Waals surface area (Å²) in [5, 5.41) is 14.2. The summed E-state index contributed by atoms with van der Waals surface area (Å²) >= 11 is 0. The molecule has 1 aliphatic heterocycles. The minimum Gasteiger partial charge on any atom is -0.488 e. The standard InChI is InChI=1S/C23H20N2O6/c26-23(24-12-16-6-2-1-3-7-16)20-8-4-5-9-21(20)30-14-18-11-19(25(27)28)10-17-13-29-15-31-22(17)18/h1-11H,12-15H2,(H,24,26). The van der Waals surface area contributed by atoms with E-state index < -0.39 is 4.92 Å². The molecule has 1 heterocycles. The first-order chi connectivity index (χ1) is 15.1. The number of nitro benzene ring substituents is 1. The Labute approximate surface area is 178 Å². The number of carbonyl (C=O) groups is 1. The molecule has 3 aromatic carbocycles. The van der Waals surface area contributed by atoms with Crippen molar-refractivity contribution < 1.29 is 23.9 Å². The molecule has 0 spiro atoms. The second-order valence-corrected chi connectivity index (χ2v) is 6.91. The number of amides is 1. The average Bonchev–Trinajstić information content (AvgIpc) is 2.81. The molecular formula is C23H20N2O6. The molecule has 3 aromatic rings. The lowest BCUT2D eigenvalue weighted by molar-refractivity contribution is -0.385. The number of para-hydroxylation sites is 1. The van der Waals surface area contributed by atoms with Gasteiger partial charge in [0.2, 0.25) is 0 Å². The Morgan fingerprint density at radius 1 is 1.10 bits per heavy atom. The van der Waals surface area contributed by atoms with Crippen LogP contribution in [0.1, 0.15) is 27.0 Å². The molecule has 0 aliphatic carbocycles. The van der Waals surface area contributed by atoms with E-state index in [9.17, 15) is 14.9 Å². The van der Waals surface area contributed by atoms with Crippen LogP contribution >= 0.6 is 0 Å². The maximum Gasteiger partial charge on any atom is 0.270 e. The molecule has 4 rings (SSSR count). The van der Waals surface area contributed by atoms with E-state index in [1.807, 2.05) is 30.3 Å². The van der Waals surface area contributed by atoms with Gasteiger partial charge in [-0.15, -0.1) is 0 Å². The van der Waals surface area contributed by atoms with Crippen LogP contribution < -0.4 is 14.8 Å². The van der Waals surface area contributed by atoms with Crippen LogP contribution in [0.3, 0.4) is 0 Å². The molecule has 0 fully saturated rings. The topological polar surface area (TPSA) is 99.9 Å². The number of nitrogens with zero attached hydrogens (tertiary/aromatic N) is 1. The van der Waals surface area contributed by atoms with Gasteiger partial charge in [-0.25, -0.2) is 0 Å². The van der Waals surface area contributed by atoms with Crippen LogP contribution in [0.15, 0.2) is 66.7 Å². The van der Waals surface area contributed by atoms with Gasteiger partial charge in [0.25, 0.3) is 11.6 Å². The minimum atomic E-state index is -0.469. The lowest BCUT2D eigenvalue weighted by Crippen LogP contribution is -2.23. The molecule has 1 N–H and O–H groups in total. The zero-order valence-corrected chi connectivity index (χ0v) is 16.6. The van der Waals surface area contributed by atoms with Crippen LogP contribution in [-0.2, 0) is 24.5 Å². The lowest BCUT2D eigenvalue weighted by atomic mass is 10.1. The van der Waals surface area contributed by atoms with Gasteiger partial charge < -0.3 is 19.5 Å². The van der Waals surface area contributed by atoms with Crippen LogP contribution in [0.5, 0.6) is 11.5 Å². The number of rotatable bonds is 7. The Hall–Kier alpha value is -3.91. The number of non-ortho nitro benzene ring substituents is 1. The van der Waals surface area contributed by atoms with Gasteiger partial charge in [-0.05, 0) is 17.7 Å². The summed E-state index contributed by atoms with van der Waals surface area (Å²) in [5.74, 6) is 0.619. The zero-order chi connectivity index (χ0) is 21.6. The number of ether oxygens (including phenoxy) is 3. The van der Waals surface area contributed by atoms with E-state index in [2.05, 4.69) is 5.32 Å². The van der Waals surface area contributed by atoms with Crippen LogP contribution in [0, 0.1) is 10.1 Å². The van der Waals surface area contributed by atoms with Crippen molar-refractivity contribution in [3.05, 3.63) is 99.1 Å². The molecule has 0 radical (unpaired) electrons. The van der Waals surface area contributed by atoms with E-state index in [1.54, 1.807) is 24.3 Å². The molecule has 1 aliphatic rings. The van der Waals surface area contributed by atoms with E-state index in [0.29, 0.717) is 34.7 Å². The first kappa shape index (κ1) is 20.4. The third kappa shape index (κ3) is 4.81. The summed E-state index contributed by atoms with van der Waals surface area (Å²) in [6.45, 7) is 0.687. The van der Waals surface area contributed by atoms with Crippen LogP contribution in [0.25, 0.3) is 0 Å². The molecule has 8 nitrogen and oxygen atoms in total. The number of benzene rings is 3. The molecule has 31 heavy (non-hydrogen) atoms. The molecule has 0 saturated heterocycles. The van der Waals surface area contributed by atoms with E-state index in [-0.39, 0.29) is 31.6 Å². The zero-order valence-electron chi connectivity index (χ0n) is 16.6. The largest absolute Gasteiger partial charge is 0.488 e. The van der Waals surface area contributed by atoms with Gasteiger partial charge in [0, 0.05) is 29.8 Å². The summed E-state index contributed by atoms with van der Waals surface area (Å²) in [6, 6.07) is 19.3. The SMILES string of the molecule is O=C(NCc1ccccc1)c1ccccc1OCc1cc([N+](=O)[O-])cc2c1OCOC2. The Balaban J connectivity index is 1.51. The summed E-state index contributed by atoms with van der Waals surface area (Å²) in [7, 11) is 0. The number of nitrogens with one attached hydrogen (secondary N) is 1. The molecule has 8 heteroatoms. The number of hydrogen-bond donors (Lipinski definition) is 1. The lowest BCUT2D eigenvalue weighted by Gasteiger charge is -2.21. The Bertz CT molecular complexity index is 1100. The molecule has 0 saturated carbocycles. The fourth-order valence-electron chi connectivity index (χ4n) is 3.30. The second-order valence-electron chi connectivity index (χ2n) is 6.91. The molecule has 1 amide bonds. The van der Waals surface area contributed by atoms with Crippen molar-refractivity contribution >= 4 is 11.6 Å². The summed E-state index contributed by atoms with van der Waals surface area (Å²) in [6.07, 6.45) is 0. The van der Waals surface area contributed by atoms with Gasteiger partial charge >= 0.3 is 0 Å². The molecule has 0 aromatic heterocycles. The monoisotopic (exact) mass is 420 g/mol. The first-order valence-corrected chi connectivity index (χ1v) is 9.66. The first-order valence-electron chi connectivity index (χ1n) is 9.66. The average molecular weight is 420 g/mol. The Morgan fingerprint density at radius 3 is 2.68 bits per heavy atom. The summed E-state index contributed by atoms with van der Waals surface area (Å²) in [4.78, 5) is 23.5. The number of carbonyl (C=O) groups excluding carboxylic acids is 1. The van der Waals surface area contributed by atoms with Crippen LogP contribution in [0.4, 0.5) is 5.69 Å². The van der Waals surface area contributed by atoms with Crippen molar-refractivity contribution in [1.82, 2.24) is 5.32 Å². The van der Waals surface area contributed by atoms with Crippen molar-refractivity contribution in [2.24, 2.45) is 0 Å². The molecule has 0 bridgehead atoms. The predicted molar refractivity (Wildman–Crippen MR) is 112 cm³/mol. The Kier molecular flexibility index (Phi) is 6.09. The Morgan fingerprint density at radius 2 is 1.87 bits per heavy atom. The summed E-state index contributed by atoms with van der Waals surface area (Å²) in [5.41, 5.74) is 2.40. The fourth-order valence-corrected chi connectivity index (χ4v) is 3.30. The fraction of sp³-hybridized carbons (Fsp3) is 0.174. The van der Waals surface area contributed by atoms with Crippen molar-refractivity contribution in [2.75, 3.05) is 6.79 Å². The highest BCUT2D eigenvalue weighted by molar-refractivity contribution is 5.96. The predicted octanol–water partition coefficient (Wildman–Crippen LogP) is 3.97. The highest BCUT2D eigenvalue weighted by Gasteiger charge is 2.22. The van der Waals surface area contributed by atoms with Crippen LogP contribution in [-0.4, -0.2) is 17.6 Å². The van der Waals surface area contributed by atoms with E-state index in [4.69, 9.17) is 14.2 Å². The van der Waals surface area contributed by atoms with Gasteiger partial charge in [0.1, 0.15) is 18.1 Å². The highest BCUT2D eigenvalue weighted by atomic mass is 16.7. The van der Waals surface area contributed by atoms with E-state index in [1.165, 1.54) is 12.1 Å². The molecule has 0 unspecified atom stereocenters. The molecule has 158 valence electrons. The van der Waals surface area contributed by atoms with Crippen molar-refractivity contribution in [3.8, 4) is 11.5 Å². The molecular weight excluding hydrogens is 400 g/mol. The van der Waals surface area contributed by atoms with Gasteiger partial charge in [-0.1, -0.05) is 42.5 Å². The number of hydrogen-bond acceptors (Lipinski definition) is 6. The minimum absolute atomic E-state index is 0.00694. The van der Waals surface area contributed by atoms with E-state index in [0.717, 1.165) is 5.56 Å². The van der Waals surface area contributed by atoms with Gasteiger partial charge in [0.15, 0.2) is 6.79 Å². The third-order valence-corrected chi connectivity index (χ3v) is 4.79. The van der Waals surface area contributed by atoms with Gasteiger partial charge in [0.05, 0.1) is 17.1 Å². The number of fused-ring (bicyclic) bond motifs is 1. The van der Waals surface area contributed by atoms with Crippen molar-refractivity contribution in [1.29, 1.82) is 0 Å². The smallest absolute Gasteiger partial charge is 0.270 e. The number of nitro groups is 1. The second kappa shape index (κ2) is 9.27. The van der Waals surface area contributed by atoms with Gasteiger partial charge in [-0.3, -0.25) is 14.9 Å². The van der Waals surface area contributed by atoms with Crippen LogP contribution in [0.2, 0.25) is 0 Å². The van der Waals surface area contributed by atoms with Gasteiger partial charge in [-0.2, -0.15) is 0 Å².